The van der Waals surface area contributed by atoms with E-state index in [0.717, 1.165) is 16.9 Å². The maximum Gasteiger partial charge on any atom is 0.319 e. The molecule has 0 saturated heterocycles. The highest BCUT2D eigenvalue weighted by molar-refractivity contribution is 6.30. The molecule has 0 spiro atoms. The summed E-state index contributed by atoms with van der Waals surface area (Å²) in [6, 6.07) is 14.6. The van der Waals surface area contributed by atoms with E-state index in [-0.39, 0.29) is 12.1 Å². The molecule has 0 bridgehead atoms. The summed E-state index contributed by atoms with van der Waals surface area (Å²) >= 11 is 5.88. The van der Waals surface area contributed by atoms with Crippen LogP contribution < -0.4 is 16.0 Å². The van der Waals surface area contributed by atoms with Crippen LogP contribution in [0.2, 0.25) is 5.02 Å². The highest BCUT2D eigenvalue weighted by Gasteiger charge is 2.05. The van der Waals surface area contributed by atoms with Crippen molar-refractivity contribution in [2.24, 2.45) is 0 Å². The summed E-state index contributed by atoms with van der Waals surface area (Å²) in [5, 5.41) is 18.4. The third kappa shape index (κ3) is 5.18. The second-order valence-corrected chi connectivity index (χ2v) is 6.04. The third-order valence-corrected chi connectivity index (χ3v) is 3.45. The van der Waals surface area contributed by atoms with Crippen LogP contribution in [0.3, 0.4) is 0 Å². The lowest BCUT2D eigenvalue weighted by Gasteiger charge is -2.11. The molecule has 2 aromatic rings. The molecule has 0 radical (unpaired) electrons. The number of rotatable bonds is 5. The maximum absolute atomic E-state index is 11.6. The minimum absolute atomic E-state index is 0.0854. The molecule has 0 aliphatic heterocycles. The van der Waals surface area contributed by atoms with Crippen LogP contribution >= 0.6 is 11.6 Å². The lowest BCUT2D eigenvalue weighted by molar-refractivity contribution is 0.250. The summed E-state index contributed by atoms with van der Waals surface area (Å²) in [5.74, 6) is 0. The van der Waals surface area contributed by atoms with E-state index in [9.17, 15) is 4.79 Å². The molecule has 0 atom stereocenters. The van der Waals surface area contributed by atoms with Gasteiger partial charge in [-0.25, -0.2) is 4.79 Å². The Morgan fingerprint density at radius 1 is 1.21 bits per heavy atom. The first kappa shape index (κ1) is 17.6. The number of carbonyl (C=O) groups excluding carboxylic acids is 1. The molecule has 24 heavy (non-hydrogen) atoms. The van der Waals surface area contributed by atoms with Crippen molar-refractivity contribution in [2.45, 2.75) is 26.4 Å². The molecule has 0 saturated carbocycles. The zero-order valence-electron chi connectivity index (χ0n) is 13.6. The normalized spacial score (nSPS) is 10.1. The van der Waals surface area contributed by atoms with E-state index >= 15 is 0 Å². The average molecular weight is 343 g/mol. The highest BCUT2D eigenvalue weighted by Crippen LogP contribution is 2.20. The molecule has 2 rings (SSSR count). The Morgan fingerprint density at radius 2 is 1.92 bits per heavy atom. The zero-order chi connectivity index (χ0) is 17.5. The second-order valence-electron chi connectivity index (χ2n) is 5.61. The van der Waals surface area contributed by atoms with Crippen LogP contribution in [-0.2, 0) is 6.54 Å². The van der Waals surface area contributed by atoms with Crippen molar-refractivity contribution in [3.8, 4) is 6.07 Å². The van der Waals surface area contributed by atoms with E-state index in [1.54, 1.807) is 18.2 Å². The summed E-state index contributed by atoms with van der Waals surface area (Å²) in [6.07, 6.45) is 0. The molecule has 6 heteroatoms. The quantitative estimate of drug-likeness (QED) is 0.755. The Bertz CT molecular complexity index is 751. The van der Waals surface area contributed by atoms with Crippen molar-refractivity contribution >= 4 is 29.0 Å². The van der Waals surface area contributed by atoms with Crippen LogP contribution in [0.25, 0.3) is 0 Å². The minimum atomic E-state index is -0.226. The van der Waals surface area contributed by atoms with E-state index in [0.29, 0.717) is 17.1 Å². The number of benzene rings is 2. The molecule has 124 valence electrons. The summed E-state index contributed by atoms with van der Waals surface area (Å²) in [7, 11) is 0. The zero-order valence-corrected chi connectivity index (χ0v) is 14.3. The minimum Gasteiger partial charge on any atom is -0.380 e. The van der Waals surface area contributed by atoms with Gasteiger partial charge in [0.2, 0.25) is 0 Å². The molecule has 5 nitrogen and oxygen atoms in total. The van der Waals surface area contributed by atoms with Crippen molar-refractivity contribution in [2.75, 3.05) is 10.6 Å². The number of hydrogen-bond donors (Lipinski definition) is 3. The molecule has 0 fully saturated rings. The number of halogens is 1. The topological polar surface area (TPSA) is 77.0 Å². The van der Waals surface area contributed by atoms with Crippen molar-refractivity contribution < 1.29 is 4.79 Å². The van der Waals surface area contributed by atoms with Gasteiger partial charge in [-0.1, -0.05) is 23.7 Å². The standard InChI is InChI=1S/C18H19ClN4O/c1-12(2)22-18(24)23-16-6-3-13(4-7-16)11-21-17-8-5-15(19)9-14(17)10-20/h3-9,12,21H,11H2,1-2H3,(H2,22,23,24). The highest BCUT2D eigenvalue weighted by atomic mass is 35.5. The number of nitrogens with zero attached hydrogens (tertiary/aromatic N) is 1. The van der Waals surface area contributed by atoms with Crippen molar-refractivity contribution in [3.05, 3.63) is 58.6 Å². The van der Waals surface area contributed by atoms with Gasteiger partial charge in [0.05, 0.1) is 11.3 Å². The fourth-order valence-electron chi connectivity index (χ4n) is 2.10. The third-order valence-electron chi connectivity index (χ3n) is 3.22. The molecular weight excluding hydrogens is 324 g/mol. The summed E-state index contributed by atoms with van der Waals surface area (Å²) in [5.41, 5.74) is 3.00. The van der Waals surface area contributed by atoms with Crippen LogP contribution in [0.4, 0.5) is 16.2 Å². The van der Waals surface area contributed by atoms with E-state index in [4.69, 9.17) is 16.9 Å². The van der Waals surface area contributed by atoms with Gasteiger partial charge in [0.25, 0.3) is 0 Å². The first-order chi connectivity index (χ1) is 11.5. The van der Waals surface area contributed by atoms with Crippen LogP contribution in [0.15, 0.2) is 42.5 Å². The van der Waals surface area contributed by atoms with Crippen molar-refractivity contribution in [1.82, 2.24) is 5.32 Å². The van der Waals surface area contributed by atoms with Crippen molar-refractivity contribution in [1.29, 1.82) is 5.26 Å². The number of amides is 2. The molecule has 0 aliphatic carbocycles. The molecule has 3 N–H and O–H groups in total. The molecule has 2 amide bonds. The van der Waals surface area contributed by atoms with Gasteiger partial charge >= 0.3 is 6.03 Å². The Hall–Kier alpha value is -2.71. The van der Waals surface area contributed by atoms with Gasteiger partial charge in [-0.3, -0.25) is 0 Å². The van der Waals surface area contributed by atoms with Gasteiger partial charge in [-0.2, -0.15) is 5.26 Å². The van der Waals surface area contributed by atoms with E-state index in [1.807, 2.05) is 38.1 Å². The first-order valence-electron chi connectivity index (χ1n) is 7.58. The van der Waals surface area contributed by atoms with Crippen LogP contribution in [0.5, 0.6) is 0 Å². The number of urea groups is 1. The summed E-state index contributed by atoms with van der Waals surface area (Å²) in [4.78, 5) is 11.6. The Labute approximate surface area is 146 Å². The largest absolute Gasteiger partial charge is 0.380 e. The van der Waals surface area contributed by atoms with E-state index < -0.39 is 0 Å². The lowest BCUT2D eigenvalue weighted by atomic mass is 10.1. The smallest absolute Gasteiger partial charge is 0.319 e. The van der Waals surface area contributed by atoms with Gasteiger partial charge in [0.15, 0.2) is 0 Å². The molecule has 0 aliphatic rings. The number of carbonyl (C=O) groups is 1. The average Bonchev–Trinajstić information content (AvgIpc) is 2.54. The summed E-state index contributed by atoms with van der Waals surface area (Å²) in [6.45, 7) is 4.37. The second kappa shape index (κ2) is 8.23. The maximum atomic E-state index is 11.6. The molecular formula is C18H19ClN4O. The predicted octanol–water partition coefficient (Wildman–Crippen LogP) is 4.35. The Morgan fingerprint density at radius 3 is 2.54 bits per heavy atom. The van der Waals surface area contributed by atoms with Gasteiger partial charge in [-0.05, 0) is 49.7 Å². The monoisotopic (exact) mass is 342 g/mol. The number of hydrogen-bond acceptors (Lipinski definition) is 3. The summed E-state index contributed by atoms with van der Waals surface area (Å²) < 4.78 is 0. The Kier molecular flexibility index (Phi) is 6.05. The van der Waals surface area contributed by atoms with Crippen LogP contribution in [0, 0.1) is 11.3 Å². The van der Waals surface area contributed by atoms with Crippen molar-refractivity contribution in [3.63, 3.8) is 0 Å². The first-order valence-corrected chi connectivity index (χ1v) is 7.95. The predicted molar refractivity (Wildman–Crippen MR) is 97.2 cm³/mol. The Balaban J connectivity index is 1.95. The van der Waals surface area contributed by atoms with Gasteiger partial charge in [0, 0.05) is 23.3 Å². The van der Waals surface area contributed by atoms with Gasteiger partial charge in [-0.15, -0.1) is 0 Å². The lowest BCUT2D eigenvalue weighted by Crippen LogP contribution is -2.34. The molecule has 0 heterocycles. The fourth-order valence-corrected chi connectivity index (χ4v) is 2.27. The molecule has 2 aromatic carbocycles. The number of anilines is 2. The molecule has 0 unspecified atom stereocenters. The van der Waals surface area contributed by atoms with Crippen LogP contribution in [0.1, 0.15) is 25.0 Å². The fraction of sp³-hybridized carbons (Fsp3) is 0.222. The number of nitriles is 1. The molecule has 0 aromatic heterocycles. The van der Waals surface area contributed by atoms with Gasteiger partial charge in [0.1, 0.15) is 6.07 Å². The van der Waals surface area contributed by atoms with E-state index in [1.165, 1.54) is 0 Å². The van der Waals surface area contributed by atoms with Gasteiger partial charge < -0.3 is 16.0 Å². The SMILES string of the molecule is CC(C)NC(=O)Nc1ccc(CNc2ccc(Cl)cc2C#N)cc1. The number of nitrogens with one attached hydrogen (secondary N) is 3. The van der Waals surface area contributed by atoms with Crippen LogP contribution in [-0.4, -0.2) is 12.1 Å². The van der Waals surface area contributed by atoms with E-state index in [2.05, 4.69) is 22.0 Å².